The summed E-state index contributed by atoms with van der Waals surface area (Å²) in [6.07, 6.45) is 6.19. The minimum absolute atomic E-state index is 0.199. The highest BCUT2D eigenvalue weighted by Crippen LogP contribution is 2.39. The first-order valence-electron chi connectivity index (χ1n) is 10.5. The maximum Gasteiger partial charge on any atom is 0.0480 e. The zero-order valence-corrected chi connectivity index (χ0v) is 18.5. The monoisotopic (exact) mass is 418 g/mol. The normalized spacial score (nSPS) is 19.4. The molecule has 1 aliphatic rings. The average Bonchev–Trinajstić information content (AvgIpc) is 3.27. The van der Waals surface area contributed by atoms with Gasteiger partial charge in [0.15, 0.2) is 0 Å². The minimum atomic E-state index is 0.199. The number of nitrogens with two attached hydrogens (primary N) is 1. The number of hydrogen-bond acceptors (Lipinski definition) is 4. The van der Waals surface area contributed by atoms with Gasteiger partial charge in [-0.15, -0.1) is 0 Å². The molecule has 3 aromatic rings. The van der Waals surface area contributed by atoms with Crippen molar-refractivity contribution in [3.05, 3.63) is 78.1 Å². The molecule has 0 radical (unpaired) electrons. The van der Waals surface area contributed by atoms with Gasteiger partial charge >= 0.3 is 0 Å². The van der Waals surface area contributed by atoms with Crippen LogP contribution in [0.2, 0.25) is 0 Å². The Morgan fingerprint density at radius 2 is 2.00 bits per heavy atom. The molecule has 0 aliphatic carbocycles. The number of fused-ring (bicyclic) bond motifs is 1. The second kappa shape index (κ2) is 8.70. The van der Waals surface area contributed by atoms with Crippen molar-refractivity contribution < 1.29 is 0 Å². The molecular formula is C25H30N4S. The van der Waals surface area contributed by atoms with Gasteiger partial charge in [-0.3, -0.25) is 0 Å². The summed E-state index contributed by atoms with van der Waals surface area (Å²) in [6.45, 7) is 6.86. The highest BCUT2D eigenvalue weighted by molar-refractivity contribution is 7.96. The predicted octanol–water partition coefficient (Wildman–Crippen LogP) is 5.54. The maximum atomic E-state index is 7.52. The first-order valence-corrected chi connectivity index (χ1v) is 11.4. The molecule has 1 unspecified atom stereocenters. The molecule has 1 atom stereocenters. The summed E-state index contributed by atoms with van der Waals surface area (Å²) in [4.78, 5) is 0. The SMILES string of the molecule is CC1(C)CC(Cn2ccc3cc(/C(C=N)=C/N)ccc32)CN1SCc1ccccc1. The summed E-state index contributed by atoms with van der Waals surface area (Å²) in [5.74, 6) is 1.65. The van der Waals surface area contributed by atoms with Crippen LogP contribution in [0.15, 0.2) is 67.0 Å². The number of hydrogen-bond donors (Lipinski definition) is 2. The van der Waals surface area contributed by atoms with Crippen molar-refractivity contribution in [2.24, 2.45) is 11.7 Å². The molecule has 0 spiro atoms. The summed E-state index contributed by atoms with van der Waals surface area (Å²) in [6, 6.07) is 19.2. The zero-order valence-electron chi connectivity index (χ0n) is 17.7. The molecule has 0 amide bonds. The quantitative estimate of drug-likeness (QED) is 0.391. The third-order valence-electron chi connectivity index (χ3n) is 6.01. The Labute approximate surface area is 183 Å². The van der Waals surface area contributed by atoms with Gasteiger partial charge in [-0.1, -0.05) is 48.3 Å². The molecule has 5 heteroatoms. The topological polar surface area (TPSA) is 58.0 Å². The van der Waals surface area contributed by atoms with E-state index in [1.807, 2.05) is 11.9 Å². The molecule has 1 aromatic heterocycles. The fraction of sp³-hybridized carbons (Fsp3) is 0.320. The Balaban J connectivity index is 1.45. The van der Waals surface area contributed by atoms with E-state index < -0.39 is 0 Å². The molecule has 1 saturated heterocycles. The second-order valence-corrected chi connectivity index (χ2v) is 9.70. The summed E-state index contributed by atoms with van der Waals surface area (Å²) in [5.41, 5.74) is 10.2. The summed E-state index contributed by atoms with van der Waals surface area (Å²) >= 11 is 1.96. The lowest BCUT2D eigenvalue weighted by Gasteiger charge is -2.30. The van der Waals surface area contributed by atoms with E-state index in [9.17, 15) is 0 Å². The summed E-state index contributed by atoms with van der Waals surface area (Å²) in [7, 11) is 0. The largest absolute Gasteiger partial charge is 0.404 e. The van der Waals surface area contributed by atoms with Gasteiger partial charge < -0.3 is 15.7 Å². The summed E-state index contributed by atoms with van der Waals surface area (Å²) in [5, 5.41) is 8.72. The van der Waals surface area contributed by atoms with Crippen LogP contribution in [0.25, 0.3) is 16.5 Å². The van der Waals surface area contributed by atoms with Crippen molar-refractivity contribution in [2.45, 2.75) is 38.1 Å². The lowest BCUT2D eigenvalue weighted by Crippen LogP contribution is -2.32. The van der Waals surface area contributed by atoms with E-state index in [-0.39, 0.29) is 5.54 Å². The van der Waals surface area contributed by atoms with Crippen LogP contribution >= 0.6 is 11.9 Å². The molecule has 156 valence electrons. The van der Waals surface area contributed by atoms with Crippen LogP contribution in [0, 0.1) is 11.3 Å². The molecule has 3 N–H and O–H groups in total. The van der Waals surface area contributed by atoms with E-state index in [0.29, 0.717) is 5.92 Å². The van der Waals surface area contributed by atoms with Crippen LogP contribution < -0.4 is 5.73 Å². The van der Waals surface area contributed by atoms with Crippen molar-refractivity contribution in [1.29, 1.82) is 5.41 Å². The van der Waals surface area contributed by atoms with Crippen molar-refractivity contribution in [2.75, 3.05) is 6.54 Å². The summed E-state index contributed by atoms with van der Waals surface area (Å²) < 4.78 is 4.96. The molecule has 4 rings (SSSR count). The average molecular weight is 419 g/mol. The van der Waals surface area contributed by atoms with Gasteiger partial charge in [0, 0.05) is 59.5 Å². The number of benzene rings is 2. The Morgan fingerprint density at radius 3 is 2.73 bits per heavy atom. The fourth-order valence-corrected chi connectivity index (χ4v) is 5.71. The van der Waals surface area contributed by atoms with Gasteiger partial charge in [0.05, 0.1) is 0 Å². The molecule has 30 heavy (non-hydrogen) atoms. The van der Waals surface area contributed by atoms with Crippen LogP contribution in [0.3, 0.4) is 0 Å². The third-order valence-corrected chi connectivity index (χ3v) is 7.43. The standard InChI is InChI=1S/C25H30N4S/c1-25(2)13-20(17-29(25)30-18-19-6-4-3-5-7-19)16-28-11-10-22-12-21(8-9-24(22)28)23(14-26)15-27/h3-12,14-15,20,26H,13,16-18,27H2,1-2H3/b23-15+,26-14?. The molecule has 0 bridgehead atoms. The Hall–Kier alpha value is -2.50. The first kappa shape index (κ1) is 20.8. The fourth-order valence-electron chi connectivity index (χ4n) is 4.48. The van der Waals surface area contributed by atoms with Crippen molar-refractivity contribution in [3.63, 3.8) is 0 Å². The Bertz CT molecular complexity index is 1050. The van der Waals surface area contributed by atoms with E-state index in [4.69, 9.17) is 11.1 Å². The molecule has 4 nitrogen and oxygen atoms in total. The van der Waals surface area contributed by atoms with Crippen molar-refractivity contribution in [3.8, 4) is 0 Å². The van der Waals surface area contributed by atoms with Gasteiger partial charge in [-0.2, -0.15) is 0 Å². The van der Waals surface area contributed by atoms with Gasteiger partial charge in [0.1, 0.15) is 0 Å². The lowest BCUT2D eigenvalue weighted by atomic mass is 9.97. The van der Waals surface area contributed by atoms with Crippen LogP contribution in [-0.4, -0.2) is 27.2 Å². The first-order chi connectivity index (χ1) is 14.5. The van der Waals surface area contributed by atoms with E-state index >= 15 is 0 Å². The molecule has 0 saturated carbocycles. The molecule has 2 aromatic carbocycles. The van der Waals surface area contributed by atoms with Crippen LogP contribution in [0.5, 0.6) is 0 Å². The van der Waals surface area contributed by atoms with Crippen LogP contribution in [0.1, 0.15) is 31.4 Å². The Kier molecular flexibility index (Phi) is 6.02. The van der Waals surface area contributed by atoms with Gasteiger partial charge in [-0.25, -0.2) is 4.31 Å². The molecular weight excluding hydrogens is 388 g/mol. The van der Waals surface area contributed by atoms with Crippen LogP contribution in [-0.2, 0) is 12.3 Å². The highest BCUT2D eigenvalue weighted by Gasteiger charge is 2.38. The number of nitrogens with zero attached hydrogens (tertiary/aromatic N) is 2. The molecule has 1 fully saturated rings. The highest BCUT2D eigenvalue weighted by atomic mass is 32.2. The molecule has 2 heterocycles. The second-order valence-electron chi connectivity index (χ2n) is 8.71. The number of aromatic nitrogens is 1. The van der Waals surface area contributed by atoms with E-state index in [2.05, 4.69) is 83.5 Å². The maximum absolute atomic E-state index is 7.52. The Morgan fingerprint density at radius 1 is 1.20 bits per heavy atom. The van der Waals surface area contributed by atoms with Crippen molar-refractivity contribution >= 4 is 34.6 Å². The minimum Gasteiger partial charge on any atom is -0.404 e. The van der Waals surface area contributed by atoms with Crippen LogP contribution in [0.4, 0.5) is 0 Å². The van der Waals surface area contributed by atoms with E-state index in [1.165, 1.54) is 35.3 Å². The number of allylic oxidation sites excluding steroid dienone is 1. The smallest absolute Gasteiger partial charge is 0.0480 e. The predicted molar refractivity (Wildman–Crippen MR) is 130 cm³/mol. The number of nitrogens with one attached hydrogen (secondary N) is 1. The van der Waals surface area contributed by atoms with Gasteiger partial charge in [0.25, 0.3) is 0 Å². The zero-order chi connectivity index (χ0) is 21.1. The van der Waals surface area contributed by atoms with Crippen molar-refractivity contribution in [1.82, 2.24) is 8.87 Å². The van der Waals surface area contributed by atoms with E-state index in [0.717, 1.165) is 30.0 Å². The molecule has 1 aliphatic heterocycles. The van der Waals surface area contributed by atoms with E-state index in [1.54, 1.807) is 0 Å². The lowest BCUT2D eigenvalue weighted by molar-refractivity contribution is 0.319. The third kappa shape index (κ3) is 4.32. The van der Waals surface area contributed by atoms with Gasteiger partial charge in [-0.05, 0) is 55.5 Å². The van der Waals surface area contributed by atoms with Gasteiger partial charge in [0.2, 0.25) is 0 Å². The number of rotatable bonds is 7.